The topological polar surface area (TPSA) is 41.5 Å². The third kappa shape index (κ3) is 5.33. The Bertz CT molecular complexity index is 450. The first kappa shape index (κ1) is 16.9. The predicted octanol–water partition coefficient (Wildman–Crippen LogP) is 3.90. The SMILES string of the molecule is CC(NCC(O)COc1ccc(Cl)cc1Cl)C1CCCC1. The summed E-state index contributed by atoms with van der Waals surface area (Å²) in [4.78, 5) is 0. The summed E-state index contributed by atoms with van der Waals surface area (Å²) in [7, 11) is 0. The molecule has 2 rings (SSSR count). The van der Waals surface area contributed by atoms with Gasteiger partial charge in [-0.2, -0.15) is 0 Å². The van der Waals surface area contributed by atoms with Crippen molar-refractivity contribution >= 4 is 23.2 Å². The van der Waals surface area contributed by atoms with Crippen molar-refractivity contribution < 1.29 is 9.84 Å². The van der Waals surface area contributed by atoms with E-state index in [-0.39, 0.29) is 6.61 Å². The third-order valence-corrected chi connectivity index (χ3v) is 4.64. The van der Waals surface area contributed by atoms with E-state index in [1.54, 1.807) is 18.2 Å². The zero-order valence-electron chi connectivity index (χ0n) is 12.3. The van der Waals surface area contributed by atoms with Crippen molar-refractivity contribution in [1.29, 1.82) is 0 Å². The first-order chi connectivity index (χ1) is 10.1. The lowest BCUT2D eigenvalue weighted by atomic mass is 10.00. The van der Waals surface area contributed by atoms with E-state index >= 15 is 0 Å². The summed E-state index contributed by atoms with van der Waals surface area (Å²) in [5, 5.41) is 14.4. The van der Waals surface area contributed by atoms with E-state index in [0.29, 0.717) is 28.4 Å². The lowest BCUT2D eigenvalue weighted by Crippen LogP contribution is -2.39. The highest BCUT2D eigenvalue weighted by Gasteiger charge is 2.21. The summed E-state index contributed by atoms with van der Waals surface area (Å²) in [5.74, 6) is 1.28. The molecule has 1 aromatic rings. The van der Waals surface area contributed by atoms with E-state index in [1.165, 1.54) is 25.7 Å². The van der Waals surface area contributed by atoms with Crippen LogP contribution in [0.5, 0.6) is 5.75 Å². The van der Waals surface area contributed by atoms with E-state index < -0.39 is 6.10 Å². The van der Waals surface area contributed by atoms with Gasteiger partial charge in [0.05, 0.1) is 5.02 Å². The second-order valence-electron chi connectivity index (χ2n) is 5.78. The molecule has 1 aliphatic carbocycles. The Morgan fingerprint density at radius 1 is 1.33 bits per heavy atom. The highest BCUT2D eigenvalue weighted by atomic mass is 35.5. The molecular formula is C16H23Cl2NO2. The molecule has 0 aliphatic heterocycles. The summed E-state index contributed by atoms with van der Waals surface area (Å²) >= 11 is 11.8. The normalized spacial score (nSPS) is 18.7. The molecule has 0 heterocycles. The molecule has 0 spiro atoms. The van der Waals surface area contributed by atoms with E-state index in [0.717, 1.165) is 5.92 Å². The number of halogens is 2. The minimum absolute atomic E-state index is 0.214. The van der Waals surface area contributed by atoms with Gasteiger partial charge in [0.15, 0.2) is 0 Å². The smallest absolute Gasteiger partial charge is 0.138 e. The maximum atomic E-state index is 9.99. The number of aliphatic hydroxyl groups is 1. The van der Waals surface area contributed by atoms with E-state index in [4.69, 9.17) is 27.9 Å². The van der Waals surface area contributed by atoms with Gasteiger partial charge in [-0.25, -0.2) is 0 Å². The highest BCUT2D eigenvalue weighted by molar-refractivity contribution is 6.35. The Labute approximate surface area is 136 Å². The van der Waals surface area contributed by atoms with E-state index in [2.05, 4.69) is 12.2 Å². The average Bonchev–Trinajstić information content (AvgIpc) is 2.98. The molecule has 0 aromatic heterocycles. The Morgan fingerprint density at radius 2 is 2.05 bits per heavy atom. The van der Waals surface area contributed by atoms with Crippen molar-refractivity contribution in [3.63, 3.8) is 0 Å². The second kappa shape index (κ2) is 8.23. The van der Waals surface area contributed by atoms with Gasteiger partial charge in [-0.05, 0) is 43.9 Å². The Balaban J connectivity index is 1.70. The lowest BCUT2D eigenvalue weighted by Gasteiger charge is -2.22. The van der Waals surface area contributed by atoms with Gasteiger partial charge in [-0.1, -0.05) is 36.0 Å². The van der Waals surface area contributed by atoms with Crippen LogP contribution in [0, 0.1) is 5.92 Å². The standard InChI is InChI=1S/C16H23Cl2NO2/c1-11(12-4-2-3-5-12)19-9-14(20)10-21-16-7-6-13(17)8-15(16)18/h6-8,11-12,14,19-20H,2-5,9-10H2,1H3. The summed E-state index contributed by atoms with van der Waals surface area (Å²) in [6, 6.07) is 5.51. The average molecular weight is 332 g/mol. The molecule has 21 heavy (non-hydrogen) atoms. The molecule has 118 valence electrons. The predicted molar refractivity (Wildman–Crippen MR) is 87.4 cm³/mol. The number of hydrogen-bond donors (Lipinski definition) is 2. The van der Waals surface area contributed by atoms with Gasteiger partial charge < -0.3 is 15.2 Å². The lowest BCUT2D eigenvalue weighted by molar-refractivity contribution is 0.102. The van der Waals surface area contributed by atoms with Crippen LogP contribution < -0.4 is 10.1 Å². The van der Waals surface area contributed by atoms with Crippen LogP contribution >= 0.6 is 23.2 Å². The van der Waals surface area contributed by atoms with Crippen LogP contribution in [0.4, 0.5) is 0 Å². The number of nitrogens with one attached hydrogen (secondary N) is 1. The zero-order chi connectivity index (χ0) is 15.2. The highest BCUT2D eigenvalue weighted by Crippen LogP contribution is 2.28. The minimum Gasteiger partial charge on any atom is -0.489 e. The molecule has 0 radical (unpaired) electrons. The van der Waals surface area contributed by atoms with Crippen LogP contribution in [0.1, 0.15) is 32.6 Å². The van der Waals surface area contributed by atoms with Gasteiger partial charge in [0, 0.05) is 17.6 Å². The monoisotopic (exact) mass is 331 g/mol. The van der Waals surface area contributed by atoms with Crippen molar-refractivity contribution in [2.24, 2.45) is 5.92 Å². The van der Waals surface area contributed by atoms with Crippen LogP contribution in [0.15, 0.2) is 18.2 Å². The Hall–Kier alpha value is -0.480. The molecule has 2 unspecified atom stereocenters. The molecular weight excluding hydrogens is 309 g/mol. The third-order valence-electron chi connectivity index (χ3n) is 4.11. The van der Waals surface area contributed by atoms with E-state index in [1.807, 2.05) is 0 Å². The number of aliphatic hydroxyl groups excluding tert-OH is 1. The molecule has 3 nitrogen and oxygen atoms in total. The molecule has 1 fully saturated rings. The van der Waals surface area contributed by atoms with Crippen molar-refractivity contribution in [1.82, 2.24) is 5.32 Å². The quantitative estimate of drug-likeness (QED) is 0.796. The van der Waals surface area contributed by atoms with Crippen LogP contribution in [-0.4, -0.2) is 30.4 Å². The fourth-order valence-corrected chi connectivity index (χ4v) is 3.25. The Morgan fingerprint density at radius 3 is 2.71 bits per heavy atom. The second-order valence-corrected chi connectivity index (χ2v) is 6.62. The van der Waals surface area contributed by atoms with Crippen LogP contribution in [0.3, 0.4) is 0 Å². The number of rotatable bonds is 7. The van der Waals surface area contributed by atoms with E-state index in [9.17, 15) is 5.11 Å². The first-order valence-electron chi connectivity index (χ1n) is 7.55. The largest absolute Gasteiger partial charge is 0.489 e. The molecule has 5 heteroatoms. The molecule has 0 bridgehead atoms. The van der Waals surface area contributed by atoms with Crippen molar-refractivity contribution in [3.8, 4) is 5.75 Å². The van der Waals surface area contributed by atoms with Gasteiger partial charge in [0.25, 0.3) is 0 Å². The van der Waals surface area contributed by atoms with Crippen molar-refractivity contribution in [3.05, 3.63) is 28.2 Å². The molecule has 2 N–H and O–H groups in total. The van der Waals surface area contributed by atoms with Gasteiger partial charge >= 0.3 is 0 Å². The molecule has 0 saturated heterocycles. The van der Waals surface area contributed by atoms with Gasteiger partial charge in [0.2, 0.25) is 0 Å². The first-order valence-corrected chi connectivity index (χ1v) is 8.31. The molecule has 1 saturated carbocycles. The minimum atomic E-state index is -0.555. The molecule has 0 amide bonds. The maximum Gasteiger partial charge on any atom is 0.138 e. The maximum absolute atomic E-state index is 9.99. The van der Waals surface area contributed by atoms with Crippen molar-refractivity contribution in [2.75, 3.05) is 13.2 Å². The summed E-state index contributed by atoms with van der Waals surface area (Å²) in [6.07, 6.45) is 4.69. The Kier molecular flexibility index (Phi) is 6.62. The van der Waals surface area contributed by atoms with Crippen LogP contribution in [0.2, 0.25) is 10.0 Å². The molecule has 2 atom stereocenters. The molecule has 1 aromatic carbocycles. The summed E-state index contributed by atoms with van der Waals surface area (Å²) in [6.45, 7) is 2.94. The van der Waals surface area contributed by atoms with Crippen LogP contribution in [-0.2, 0) is 0 Å². The number of ether oxygens (including phenoxy) is 1. The number of hydrogen-bond acceptors (Lipinski definition) is 3. The molecule has 1 aliphatic rings. The summed E-state index contributed by atoms with van der Waals surface area (Å²) in [5.41, 5.74) is 0. The fraction of sp³-hybridized carbons (Fsp3) is 0.625. The van der Waals surface area contributed by atoms with Gasteiger partial charge in [-0.3, -0.25) is 0 Å². The van der Waals surface area contributed by atoms with Gasteiger partial charge in [0.1, 0.15) is 18.5 Å². The fourth-order valence-electron chi connectivity index (χ4n) is 2.78. The number of benzene rings is 1. The van der Waals surface area contributed by atoms with Gasteiger partial charge in [-0.15, -0.1) is 0 Å². The van der Waals surface area contributed by atoms with Crippen LogP contribution in [0.25, 0.3) is 0 Å². The van der Waals surface area contributed by atoms with Crippen molar-refractivity contribution in [2.45, 2.75) is 44.8 Å². The zero-order valence-corrected chi connectivity index (χ0v) is 13.8. The summed E-state index contributed by atoms with van der Waals surface area (Å²) < 4.78 is 5.53.